The number of H-pyrrole nitrogens is 1. The number of esters is 1. The molecule has 3 aliphatic heterocycles. The normalized spacial score (nSPS) is 34.2. The monoisotopic (exact) mass is 368 g/mol. The minimum atomic E-state index is -0.575. The fraction of sp³-hybridized carbons (Fsp3) is 0.591. The molecule has 27 heavy (non-hydrogen) atoms. The highest BCUT2D eigenvalue weighted by Gasteiger charge is 2.62. The van der Waals surface area contributed by atoms with Gasteiger partial charge in [-0.1, -0.05) is 13.3 Å². The average Bonchev–Trinajstić information content (AvgIpc) is 3.04. The van der Waals surface area contributed by atoms with Crippen LogP contribution in [-0.4, -0.2) is 49.2 Å². The molecule has 6 rings (SSSR count). The van der Waals surface area contributed by atoms with E-state index in [1.807, 2.05) is 12.1 Å². The van der Waals surface area contributed by atoms with Gasteiger partial charge < -0.3 is 14.5 Å². The van der Waals surface area contributed by atoms with Crippen molar-refractivity contribution < 1.29 is 14.3 Å². The average molecular weight is 368 g/mol. The van der Waals surface area contributed by atoms with Crippen molar-refractivity contribution in [2.24, 2.45) is 11.8 Å². The first kappa shape index (κ1) is 17.1. The van der Waals surface area contributed by atoms with Gasteiger partial charge in [-0.25, -0.2) is 0 Å². The number of hydrogen-bond acceptors (Lipinski definition) is 4. The van der Waals surface area contributed by atoms with Gasteiger partial charge in [0.1, 0.15) is 11.2 Å². The summed E-state index contributed by atoms with van der Waals surface area (Å²) in [6, 6.07) is 6.43. The van der Waals surface area contributed by atoms with E-state index in [1.165, 1.54) is 17.4 Å². The van der Waals surface area contributed by atoms with Crippen molar-refractivity contribution in [3.05, 3.63) is 29.5 Å². The molecule has 0 spiro atoms. The second-order valence-corrected chi connectivity index (χ2v) is 8.52. The molecule has 4 heterocycles. The largest absolute Gasteiger partial charge is 0.497 e. The number of fused-ring (bicyclic) bond motifs is 4. The summed E-state index contributed by atoms with van der Waals surface area (Å²) in [5.41, 5.74) is 2.88. The van der Waals surface area contributed by atoms with E-state index < -0.39 is 5.41 Å². The lowest BCUT2D eigenvalue weighted by atomic mass is 9.56. The molecule has 0 radical (unpaired) electrons. The van der Waals surface area contributed by atoms with Crippen LogP contribution in [0.25, 0.3) is 10.9 Å². The number of carbonyl (C=O) groups is 1. The number of nitrogens with zero attached hydrogens (tertiary/aromatic N) is 1. The first-order valence-electron chi connectivity index (χ1n) is 10.1. The Balaban J connectivity index is 1.78. The van der Waals surface area contributed by atoms with E-state index in [0.717, 1.165) is 49.3 Å². The number of ether oxygens (including phenoxy) is 2. The Bertz CT molecular complexity index is 904. The van der Waals surface area contributed by atoms with Crippen LogP contribution in [0, 0.1) is 11.8 Å². The molecule has 0 amide bonds. The molecule has 2 aromatic rings. The van der Waals surface area contributed by atoms with Gasteiger partial charge in [0.05, 0.1) is 14.2 Å². The molecule has 1 unspecified atom stereocenters. The van der Waals surface area contributed by atoms with Crippen LogP contribution < -0.4 is 4.74 Å². The molecule has 5 atom stereocenters. The third kappa shape index (κ3) is 2.18. The lowest BCUT2D eigenvalue weighted by Gasteiger charge is -2.57. The predicted molar refractivity (Wildman–Crippen MR) is 104 cm³/mol. The molecule has 2 saturated heterocycles. The highest BCUT2D eigenvalue weighted by molar-refractivity contribution is 5.92. The van der Waals surface area contributed by atoms with Gasteiger partial charge in [0.25, 0.3) is 0 Å². The van der Waals surface area contributed by atoms with E-state index in [4.69, 9.17) is 9.47 Å². The summed E-state index contributed by atoms with van der Waals surface area (Å²) >= 11 is 0. The van der Waals surface area contributed by atoms with E-state index >= 15 is 0 Å². The molecule has 3 fully saturated rings. The van der Waals surface area contributed by atoms with Crippen molar-refractivity contribution in [1.82, 2.24) is 9.88 Å². The summed E-state index contributed by atoms with van der Waals surface area (Å²) in [5.74, 6) is 1.88. The molecule has 1 N–H and O–H groups in total. The maximum atomic E-state index is 13.4. The summed E-state index contributed by atoms with van der Waals surface area (Å²) in [6.45, 7) is 4.40. The topological polar surface area (TPSA) is 54.6 Å². The Morgan fingerprint density at radius 2 is 2.22 bits per heavy atom. The second kappa shape index (κ2) is 5.99. The number of benzene rings is 1. The van der Waals surface area contributed by atoms with Crippen LogP contribution in [0.1, 0.15) is 37.4 Å². The zero-order valence-corrected chi connectivity index (χ0v) is 16.4. The van der Waals surface area contributed by atoms with E-state index in [1.54, 1.807) is 14.2 Å². The zero-order valence-electron chi connectivity index (χ0n) is 16.4. The van der Waals surface area contributed by atoms with Gasteiger partial charge in [0.15, 0.2) is 0 Å². The molecule has 1 aliphatic carbocycles. The Kier molecular flexibility index (Phi) is 3.80. The molecule has 4 aliphatic rings. The predicted octanol–water partition coefficient (Wildman–Crippen LogP) is 3.26. The second-order valence-electron chi connectivity index (χ2n) is 8.52. The SMILES string of the molecule is CC[C@H]1C[C@@H]2CN3CCc4c([nH]c5cc(OC)ccc45)[C@](C(=O)OC)(C2)[C@H]13. The summed E-state index contributed by atoms with van der Waals surface area (Å²) in [6.07, 6.45) is 4.22. The third-order valence-corrected chi connectivity index (χ3v) is 7.37. The molecule has 5 heteroatoms. The maximum absolute atomic E-state index is 13.4. The Morgan fingerprint density at radius 3 is 2.96 bits per heavy atom. The van der Waals surface area contributed by atoms with Gasteiger partial charge in [0.2, 0.25) is 0 Å². The number of hydrogen-bond donors (Lipinski definition) is 1. The van der Waals surface area contributed by atoms with Crippen LogP contribution in [0.2, 0.25) is 0 Å². The molecule has 144 valence electrons. The minimum absolute atomic E-state index is 0.0676. The fourth-order valence-electron chi connectivity index (χ4n) is 6.43. The van der Waals surface area contributed by atoms with E-state index in [2.05, 4.69) is 22.9 Å². The minimum Gasteiger partial charge on any atom is -0.497 e. The quantitative estimate of drug-likeness (QED) is 0.845. The van der Waals surface area contributed by atoms with Crippen molar-refractivity contribution in [1.29, 1.82) is 0 Å². The molecular weight excluding hydrogens is 340 g/mol. The number of methoxy groups -OCH3 is 2. The van der Waals surface area contributed by atoms with Crippen LogP contribution in [-0.2, 0) is 21.4 Å². The number of aromatic nitrogens is 1. The lowest BCUT2D eigenvalue weighted by molar-refractivity contribution is -0.162. The lowest BCUT2D eigenvalue weighted by Crippen LogP contribution is -2.67. The number of carbonyl (C=O) groups excluding carboxylic acids is 1. The number of piperidine rings is 2. The van der Waals surface area contributed by atoms with Gasteiger partial charge >= 0.3 is 5.97 Å². The van der Waals surface area contributed by atoms with Crippen molar-refractivity contribution >= 4 is 16.9 Å². The molecule has 1 aromatic heterocycles. The van der Waals surface area contributed by atoms with Gasteiger partial charge in [-0.15, -0.1) is 0 Å². The highest BCUT2D eigenvalue weighted by Crippen LogP contribution is 2.55. The number of rotatable bonds is 3. The van der Waals surface area contributed by atoms with Gasteiger partial charge in [-0.3, -0.25) is 9.69 Å². The number of nitrogens with one attached hydrogen (secondary N) is 1. The fourth-order valence-corrected chi connectivity index (χ4v) is 6.43. The standard InChI is InChI=1S/C22H28N2O3/c1-4-14-9-13-11-22(21(25)27-3)19-17(7-8-24(12-13)20(14)22)16-6-5-15(26-2)10-18(16)23-19/h5-6,10,13-14,20,23H,4,7-9,11-12H2,1-3H3/t13-,14-,20-,22+/m0/s1. The maximum Gasteiger partial charge on any atom is 0.319 e. The Labute approximate surface area is 160 Å². The Morgan fingerprint density at radius 1 is 1.37 bits per heavy atom. The van der Waals surface area contributed by atoms with E-state index in [9.17, 15) is 4.79 Å². The molecular formula is C22H28N2O3. The van der Waals surface area contributed by atoms with Gasteiger partial charge in [-0.2, -0.15) is 0 Å². The summed E-state index contributed by atoms with van der Waals surface area (Å²) in [7, 11) is 3.23. The zero-order chi connectivity index (χ0) is 18.8. The van der Waals surface area contributed by atoms with Crippen molar-refractivity contribution in [3.8, 4) is 5.75 Å². The van der Waals surface area contributed by atoms with Gasteiger partial charge in [0, 0.05) is 41.8 Å². The molecule has 5 nitrogen and oxygen atoms in total. The molecule has 4 bridgehead atoms. The number of aromatic amines is 1. The van der Waals surface area contributed by atoms with Crippen molar-refractivity contribution in [2.45, 2.75) is 44.1 Å². The summed E-state index contributed by atoms with van der Waals surface area (Å²) in [5, 5.41) is 1.21. The molecule has 1 saturated carbocycles. The summed E-state index contributed by atoms with van der Waals surface area (Å²) < 4.78 is 10.9. The van der Waals surface area contributed by atoms with E-state index in [-0.39, 0.29) is 12.0 Å². The van der Waals surface area contributed by atoms with Crippen LogP contribution in [0.3, 0.4) is 0 Å². The van der Waals surface area contributed by atoms with Crippen LogP contribution in [0.5, 0.6) is 5.75 Å². The highest BCUT2D eigenvalue weighted by atomic mass is 16.5. The Hall–Kier alpha value is -2.01. The third-order valence-electron chi connectivity index (χ3n) is 7.37. The first-order chi connectivity index (χ1) is 13.1. The smallest absolute Gasteiger partial charge is 0.319 e. The van der Waals surface area contributed by atoms with Crippen LogP contribution in [0.4, 0.5) is 0 Å². The van der Waals surface area contributed by atoms with Crippen LogP contribution in [0.15, 0.2) is 18.2 Å². The molecule has 1 aromatic carbocycles. The van der Waals surface area contributed by atoms with Crippen LogP contribution >= 0.6 is 0 Å². The van der Waals surface area contributed by atoms with Gasteiger partial charge in [-0.05, 0) is 48.8 Å². The van der Waals surface area contributed by atoms with Crippen molar-refractivity contribution in [3.63, 3.8) is 0 Å². The van der Waals surface area contributed by atoms with E-state index in [0.29, 0.717) is 11.8 Å². The first-order valence-corrected chi connectivity index (χ1v) is 10.1. The summed E-state index contributed by atoms with van der Waals surface area (Å²) in [4.78, 5) is 19.6. The van der Waals surface area contributed by atoms with Crippen molar-refractivity contribution in [2.75, 3.05) is 27.3 Å².